The van der Waals surface area contributed by atoms with Crippen LogP contribution >= 0.6 is 0 Å². The van der Waals surface area contributed by atoms with Crippen LogP contribution in [0.25, 0.3) is 11.3 Å². The lowest BCUT2D eigenvalue weighted by Crippen LogP contribution is -2.16. The number of nitrogens with zero attached hydrogens (tertiary/aromatic N) is 2. The summed E-state index contributed by atoms with van der Waals surface area (Å²) in [6.07, 6.45) is -0.117. The summed E-state index contributed by atoms with van der Waals surface area (Å²) < 4.78 is 39.5. The van der Waals surface area contributed by atoms with E-state index in [1.165, 1.54) is 42.9 Å². The minimum absolute atomic E-state index is 0.259. The van der Waals surface area contributed by atoms with Gasteiger partial charge in [-0.05, 0) is 24.3 Å². The molecule has 0 aliphatic heterocycles. The van der Waals surface area contributed by atoms with Crippen molar-refractivity contribution in [1.82, 2.24) is 9.97 Å². The van der Waals surface area contributed by atoms with Gasteiger partial charge in [-0.25, -0.2) is 0 Å². The maximum atomic E-state index is 11.9. The molecule has 2 aromatic rings. The van der Waals surface area contributed by atoms with Crippen LogP contribution in [-0.2, 0) is 0 Å². The topological polar surface area (TPSA) is 35.0 Å². The second-order valence-electron chi connectivity index (χ2n) is 3.16. The highest BCUT2D eigenvalue weighted by molar-refractivity contribution is 5.58. The molecule has 1 aromatic heterocycles. The van der Waals surface area contributed by atoms with Gasteiger partial charge in [0.25, 0.3) is 0 Å². The van der Waals surface area contributed by atoms with E-state index in [1.54, 1.807) is 0 Å². The van der Waals surface area contributed by atoms with E-state index in [4.69, 9.17) is 0 Å². The molecule has 1 aromatic carbocycles. The summed E-state index contributed by atoms with van der Waals surface area (Å²) >= 11 is 0. The van der Waals surface area contributed by atoms with Gasteiger partial charge in [0.05, 0.1) is 11.9 Å². The zero-order valence-corrected chi connectivity index (χ0v) is 8.48. The normalized spacial score (nSPS) is 11.2. The van der Waals surface area contributed by atoms with Crippen molar-refractivity contribution in [3.8, 4) is 17.0 Å². The molecule has 0 bridgehead atoms. The molecular formula is C11H7F3N2O. The molecule has 0 amide bonds. The fourth-order valence-electron chi connectivity index (χ4n) is 1.28. The molecule has 0 fully saturated rings. The van der Waals surface area contributed by atoms with Crippen LogP contribution in [0.5, 0.6) is 5.75 Å². The molecule has 0 radical (unpaired) electrons. The number of hydrogen-bond acceptors (Lipinski definition) is 3. The Morgan fingerprint density at radius 1 is 1.00 bits per heavy atom. The number of benzene rings is 1. The summed E-state index contributed by atoms with van der Waals surface area (Å²) in [4.78, 5) is 7.90. The minimum atomic E-state index is -4.67. The van der Waals surface area contributed by atoms with Gasteiger partial charge in [0.1, 0.15) is 5.75 Å². The second kappa shape index (κ2) is 4.40. The van der Waals surface area contributed by atoms with Crippen molar-refractivity contribution in [1.29, 1.82) is 0 Å². The van der Waals surface area contributed by atoms with Crippen LogP contribution in [0.1, 0.15) is 0 Å². The van der Waals surface area contributed by atoms with E-state index in [0.29, 0.717) is 11.3 Å². The summed E-state index contributed by atoms with van der Waals surface area (Å²) in [5.74, 6) is -0.259. The van der Waals surface area contributed by atoms with Crippen LogP contribution in [0.2, 0.25) is 0 Å². The number of rotatable bonds is 2. The van der Waals surface area contributed by atoms with Gasteiger partial charge in [-0.15, -0.1) is 13.2 Å². The number of halogens is 3. The van der Waals surface area contributed by atoms with Gasteiger partial charge in [0.15, 0.2) is 0 Å². The SMILES string of the molecule is FC(F)(F)Oc1ccc(-c2cnccn2)cc1. The Balaban J connectivity index is 2.19. The Morgan fingerprint density at radius 3 is 2.24 bits per heavy atom. The smallest absolute Gasteiger partial charge is 0.406 e. The third-order valence-electron chi connectivity index (χ3n) is 1.95. The maximum Gasteiger partial charge on any atom is 0.573 e. The van der Waals surface area contributed by atoms with Gasteiger partial charge in [-0.2, -0.15) is 0 Å². The fraction of sp³-hybridized carbons (Fsp3) is 0.0909. The van der Waals surface area contributed by atoms with Crippen molar-refractivity contribution in [2.75, 3.05) is 0 Å². The highest BCUT2D eigenvalue weighted by atomic mass is 19.4. The summed E-state index contributed by atoms with van der Waals surface area (Å²) in [5.41, 5.74) is 1.26. The van der Waals surface area contributed by atoms with E-state index in [1.807, 2.05) is 0 Å². The Bertz CT molecular complexity index is 482. The Hall–Kier alpha value is -2.11. The Labute approximate surface area is 94.9 Å². The van der Waals surface area contributed by atoms with Crippen molar-refractivity contribution in [2.24, 2.45) is 0 Å². The van der Waals surface area contributed by atoms with Crippen LogP contribution < -0.4 is 4.74 Å². The maximum absolute atomic E-state index is 11.9. The van der Waals surface area contributed by atoms with Crippen molar-refractivity contribution in [3.05, 3.63) is 42.9 Å². The van der Waals surface area contributed by atoms with Gasteiger partial charge in [-0.3, -0.25) is 9.97 Å². The highest BCUT2D eigenvalue weighted by Gasteiger charge is 2.30. The van der Waals surface area contributed by atoms with Gasteiger partial charge in [0.2, 0.25) is 0 Å². The molecule has 17 heavy (non-hydrogen) atoms. The summed E-state index contributed by atoms with van der Waals surface area (Å²) in [6.45, 7) is 0. The fourth-order valence-corrected chi connectivity index (χ4v) is 1.28. The number of hydrogen-bond donors (Lipinski definition) is 0. The van der Waals surface area contributed by atoms with Crippen LogP contribution in [-0.4, -0.2) is 16.3 Å². The molecule has 0 N–H and O–H groups in total. The van der Waals surface area contributed by atoms with Crippen LogP contribution in [0.15, 0.2) is 42.9 Å². The van der Waals surface area contributed by atoms with Crippen LogP contribution in [0.4, 0.5) is 13.2 Å². The molecule has 0 saturated heterocycles. The molecule has 6 heteroatoms. The molecule has 1 heterocycles. The first-order valence-corrected chi connectivity index (χ1v) is 4.67. The lowest BCUT2D eigenvalue weighted by atomic mass is 10.1. The summed E-state index contributed by atoms with van der Waals surface area (Å²) in [6, 6.07) is 5.45. The van der Waals surface area contributed by atoms with E-state index >= 15 is 0 Å². The van der Waals surface area contributed by atoms with Crippen molar-refractivity contribution >= 4 is 0 Å². The first-order valence-electron chi connectivity index (χ1n) is 4.67. The predicted molar refractivity (Wildman–Crippen MR) is 54.2 cm³/mol. The number of aromatic nitrogens is 2. The van der Waals surface area contributed by atoms with Gasteiger partial charge >= 0.3 is 6.36 Å². The van der Waals surface area contributed by atoms with Crippen molar-refractivity contribution in [3.63, 3.8) is 0 Å². The van der Waals surface area contributed by atoms with Gasteiger partial charge < -0.3 is 4.74 Å². The Kier molecular flexibility index (Phi) is 2.95. The molecule has 0 atom stereocenters. The third-order valence-corrected chi connectivity index (χ3v) is 1.95. The lowest BCUT2D eigenvalue weighted by Gasteiger charge is -2.08. The summed E-state index contributed by atoms with van der Waals surface area (Å²) in [5, 5.41) is 0. The third kappa shape index (κ3) is 3.17. The first kappa shape index (κ1) is 11.4. The molecule has 3 nitrogen and oxygen atoms in total. The van der Waals surface area contributed by atoms with E-state index in [2.05, 4.69) is 14.7 Å². The standard InChI is InChI=1S/C11H7F3N2O/c12-11(13,14)17-9-3-1-8(2-4-9)10-7-15-5-6-16-10/h1-7H. The van der Waals surface area contributed by atoms with Gasteiger partial charge in [-0.1, -0.05) is 0 Å². The summed E-state index contributed by atoms with van der Waals surface area (Å²) in [7, 11) is 0. The lowest BCUT2D eigenvalue weighted by molar-refractivity contribution is -0.274. The van der Waals surface area contributed by atoms with Crippen LogP contribution in [0, 0.1) is 0 Å². The zero-order valence-electron chi connectivity index (χ0n) is 8.48. The van der Waals surface area contributed by atoms with Crippen molar-refractivity contribution in [2.45, 2.75) is 6.36 Å². The molecule has 2 rings (SSSR count). The van der Waals surface area contributed by atoms with E-state index in [0.717, 1.165) is 0 Å². The molecule has 0 spiro atoms. The highest BCUT2D eigenvalue weighted by Crippen LogP contribution is 2.25. The quantitative estimate of drug-likeness (QED) is 0.809. The number of alkyl halides is 3. The zero-order chi connectivity index (χ0) is 12.3. The second-order valence-corrected chi connectivity index (χ2v) is 3.16. The Morgan fingerprint density at radius 2 is 1.71 bits per heavy atom. The molecule has 0 aliphatic rings. The van der Waals surface area contributed by atoms with E-state index in [-0.39, 0.29) is 5.75 Å². The van der Waals surface area contributed by atoms with Gasteiger partial charge in [0, 0.05) is 18.0 Å². The molecular weight excluding hydrogens is 233 g/mol. The minimum Gasteiger partial charge on any atom is -0.406 e. The molecule has 0 saturated carbocycles. The van der Waals surface area contributed by atoms with E-state index < -0.39 is 6.36 Å². The largest absolute Gasteiger partial charge is 0.573 e. The predicted octanol–water partition coefficient (Wildman–Crippen LogP) is 3.04. The average Bonchev–Trinajstić information content (AvgIpc) is 2.29. The number of ether oxygens (including phenoxy) is 1. The first-order chi connectivity index (χ1) is 8.04. The molecule has 0 unspecified atom stereocenters. The molecule has 88 valence electrons. The van der Waals surface area contributed by atoms with Crippen LogP contribution in [0.3, 0.4) is 0 Å². The van der Waals surface area contributed by atoms with E-state index in [9.17, 15) is 13.2 Å². The monoisotopic (exact) mass is 240 g/mol. The molecule has 0 aliphatic carbocycles. The van der Waals surface area contributed by atoms with Crippen molar-refractivity contribution < 1.29 is 17.9 Å². The average molecular weight is 240 g/mol.